The SMILES string of the molecule is Cc1ccc([ClH+])s1. The van der Waals surface area contributed by atoms with Crippen LogP contribution in [0.2, 0.25) is 4.34 Å². The van der Waals surface area contributed by atoms with Crippen LogP contribution in [-0.2, 0) is 0 Å². The van der Waals surface area contributed by atoms with E-state index in [9.17, 15) is 0 Å². The van der Waals surface area contributed by atoms with E-state index in [0.717, 1.165) is 4.34 Å². The predicted octanol–water partition coefficient (Wildman–Crippen LogP) is 1.75. The smallest absolute Gasteiger partial charge is 0.0806 e. The molecule has 0 unspecified atom stereocenters. The second kappa shape index (κ2) is 1.85. The minimum Gasteiger partial charge on any atom is -0.0806 e. The van der Waals surface area contributed by atoms with Gasteiger partial charge in [0, 0.05) is 10.9 Å². The molecule has 0 aliphatic heterocycles. The number of hydrogen-bond donors (Lipinski definition) is 0. The van der Waals surface area contributed by atoms with Gasteiger partial charge in [0.05, 0.1) is 0 Å². The van der Waals surface area contributed by atoms with Crippen molar-refractivity contribution in [2.75, 3.05) is 0 Å². The van der Waals surface area contributed by atoms with E-state index in [2.05, 4.69) is 6.92 Å². The van der Waals surface area contributed by atoms with Gasteiger partial charge in [-0.3, -0.25) is 0 Å². The van der Waals surface area contributed by atoms with Crippen LogP contribution < -0.4 is 0 Å². The van der Waals surface area contributed by atoms with Gasteiger partial charge in [0.15, 0.2) is 11.6 Å². The first-order chi connectivity index (χ1) is 3.29. The highest BCUT2D eigenvalue weighted by Crippen LogP contribution is 2.13. The molecule has 1 aromatic rings. The third-order valence-corrected chi connectivity index (χ3v) is 1.90. The Balaban J connectivity index is 3.04. The lowest BCUT2D eigenvalue weighted by Crippen LogP contribution is -1.43. The average molecular weight is 134 g/mol. The third kappa shape index (κ3) is 1.18. The van der Waals surface area contributed by atoms with E-state index < -0.39 is 0 Å². The maximum absolute atomic E-state index is 4.85. The summed E-state index contributed by atoms with van der Waals surface area (Å²) in [6.45, 7) is 2.06. The lowest BCUT2D eigenvalue weighted by molar-refractivity contribution is -0.281. The molecule has 0 aliphatic rings. The lowest BCUT2D eigenvalue weighted by Gasteiger charge is -1.65. The molecule has 1 rings (SSSR count). The summed E-state index contributed by atoms with van der Waals surface area (Å²) in [5.74, 6) is 0. The fourth-order valence-corrected chi connectivity index (χ4v) is 1.46. The van der Waals surface area contributed by atoms with Crippen LogP contribution in [0.3, 0.4) is 0 Å². The fourth-order valence-electron chi connectivity index (χ4n) is 0.412. The predicted molar refractivity (Wildman–Crippen MR) is 29.6 cm³/mol. The zero-order valence-corrected chi connectivity index (χ0v) is 5.60. The monoisotopic (exact) mass is 133 g/mol. The first kappa shape index (κ1) is 5.13. The van der Waals surface area contributed by atoms with E-state index in [0.29, 0.717) is 0 Å². The molecule has 0 aromatic carbocycles. The average Bonchev–Trinajstić information content (AvgIpc) is 1.87. The summed E-state index contributed by atoms with van der Waals surface area (Å²) in [6, 6.07) is 3.99. The maximum atomic E-state index is 4.85. The largest absolute Gasteiger partial charge is 0.279 e. The van der Waals surface area contributed by atoms with Crippen LogP contribution in [0.4, 0.5) is 0 Å². The summed E-state index contributed by atoms with van der Waals surface area (Å²) in [5, 5.41) is 0. The fraction of sp³-hybridized carbons (Fsp3) is 0.200. The summed E-state index contributed by atoms with van der Waals surface area (Å²) in [6.07, 6.45) is 0. The molecule has 1 heterocycles. The van der Waals surface area contributed by atoms with Crippen LogP contribution in [0.15, 0.2) is 12.1 Å². The van der Waals surface area contributed by atoms with Crippen molar-refractivity contribution < 1.29 is 11.6 Å². The summed E-state index contributed by atoms with van der Waals surface area (Å²) < 4.78 is 0.984. The minimum atomic E-state index is 0.984. The molecule has 0 N–H and O–H groups in total. The molecule has 0 atom stereocenters. The van der Waals surface area contributed by atoms with E-state index in [1.807, 2.05) is 12.1 Å². The van der Waals surface area contributed by atoms with Crippen LogP contribution in [0.1, 0.15) is 4.88 Å². The molecule has 0 bridgehead atoms. The summed E-state index contributed by atoms with van der Waals surface area (Å²) in [5.41, 5.74) is 0. The molecular weight excluding hydrogens is 128 g/mol. The van der Waals surface area contributed by atoms with E-state index in [4.69, 9.17) is 11.6 Å². The summed E-state index contributed by atoms with van der Waals surface area (Å²) in [7, 11) is 0. The molecule has 1 aromatic heterocycles. The zero-order chi connectivity index (χ0) is 5.28. The molecule has 0 fully saturated rings. The molecular formula is C5H6ClS+. The molecule has 0 radical (unpaired) electrons. The highest BCUT2D eigenvalue weighted by atomic mass is 35.5. The van der Waals surface area contributed by atoms with Crippen molar-refractivity contribution in [3.05, 3.63) is 21.3 Å². The van der Waals surface area contributed by atoms with Gasteiger partial charge in [0.25, 0.3) is 4.34 Å². The van der Waals surface area contributed by atoms with Gasteiger partial charge in [0.1, 0.15) is 0 Å². The molecule has 0 aliphatic carbocycles. The molecule has 7 heavy (non-hydrogen) atoms. The molecule has 0 saturated heterocycles. The second-order valence-corrected chi connectivity index (χ2v) is 3.35. The first-order valence-corrected chi connectivity index (χ1v) is 3.25. The van der Waals surface area contributed by atoms with Gasteiger partial charge in [-0.2, -0.15) is 0 Å². The Morgan fingerprint density at radius 2 is 2.29 bits per heavy atom. The Hall–Kier alpha value is -0.0100. The van der Waals surface area contributed by atoms with E-state index >= 15 is 0 Å². The Morgan fingerprint density at radius 3 is 2.43 bits per heavy atom. The van der Waals surface area contributed by atoms with Crippen LogP contribution in [0.5, 0.6) is 0 Å². The van der Waals surface area contributed by atoms with Crippen molar-refractivity contribution in [3.63, 3.8) is 0 Å². The van der Waals surface area contributed by atoms with E-state index in [-0.39, 0.29) is 0 Å². The Labute approximate surface area is 51.7 Å². The van der Waals surface area contributed by atoms with Crippen molar-refractivity contribution in [1.29, 1.82) is 0 Å². The van der Waals surface area contributed by atoms with E-state index in [1.165, 1.54) is 4.88 Å². The number of aryl methyl sites for hydroxylation is 1. The Kier molecular flexibility index (Phi) is 1.35. The van der Waals surface area contributed by atoms with Gasteiger partial charge >= 0.3 is 0 Å². The van der Waals surface area contributed by atoms with Crippen molar-refractivity contribution in [3.8, 4) is 0 Å². The van der Waals surface area contributed by atoms with Crippen molar-refractivity contribution in [2.45, 2.75) is 6.92 Å². The second-order valence-electron chi connectivity index (χ2n) is 1.37. The van der Waals surface area contributed by atoms with Crippen LogP contribution in [0.25, 0.3) is 0 Å². The quantitative estimate of drug-likeness (QED) is 0.506. The van der Waals surface area contributed by atoms with Crippen LogP contribution in [0, 0.1) is 18.5 Å². The number of rotatable bonds is 0. The topological polar surface area (TPSA) is 0 Å². The Bertz CT molecular complexity index is 140. The van der Waals surface area contributed by atoms with Gasteiger partial charge < -0.3 is 0 Å². The molecule has 0 amide bonds. The van der Waals surface area contributed by atoms with Crippen molar-refractivity contribution in [1.82, 2.24) is 0 Å². The van der Waals surface area contributed by atoms with Gasteiger partial charge in [-0.05, 0) is 13.0 Å². The normalized spacial score (nSPS) is 9.43. The number of halogens is 1. The highest BCUT2D eigenvalue weighted by molar-refractivity contribution is 7.11. The third-order valence-electron chi connectivity index (χ3n) is 0.716. The zero-order valence-electron chi connectivity index (χ0n) is 3.97. The first-order valence-electron chi connectivity index (χ1n) is 2.02. The standard InChI is InChI=1S/C5H6ClS/c1-4-2-3-5(6)7-4/h2-3,6H,1H3/q+1. The van der Waals surface area contributed by atoms with Crippen molar-refractivity contribution >= 4 is 11.3 Å². The van der Waals surface area contributed by atoms with Gasteiger partial charge in [0.2, 0.25) is 0 Å². The molecule has 38 valence electrons. The molecule has 0 saturated carbocycles. The van der Waals surface area contributed by atoms with Gasteiger partial charge in [-0.1, -0.05) is 11.3 Å². The lowest BCUT2D eigenvalue weighted by atomic mass is 10.5. The summed E-state index contributed by atoms with van der Waals surface area (Å²) in [4.78, 5) is 1.30. The van der Waals surface area contributed by atoms with Gasteiger partial charge in [-0.25, -0.2) is 0 Å². The van der Waals surface area contributed by atoms with E-state index in [1.54, 1.807) is 11.3 Å². The van der Waals surface area contributed by atoms with Crippen LogP contribution >= 0.6 is 11.3 Å². The summed E-state index contributed by atoms with van der Waals surface area (Å²) >= 11 is 6.51. The number of hydrogen-bond acceptors (Lipinski definition) is 1. The van der Waals surface area contributed by atoms with Crippen LogP contribution in [-0.4, -0.2) is 0 Å². The Morgan fingerprint density at radius 1 is 1.57 bits per heavy atom. The molecule has 0 spiro atoms. The number of thiophene rings is 1. The maximum Gasteiger partial charge on any atom is 0.279 e. The molecule has 0 nitrogen and oxygen atoms in total. The minimum absolute atomic E-state index is 0.984. The van der Waals surface area contributed by atoms with Gasteiger partial charge in [-0.15, -0.1) is 0 Å². The molecule has 2 heteroatoms. The van der Waals surface area contributed by atoms with Crippen molar-refractivity contribution in [2.24, 2.45) is 0 Å². The highest BCUT2D eigenvalue weighted by Gasteiger charge is 1.95.